The second-order valence-electron chi connectivity index (χ2n) is 3.60. The Labute approximate surface area is 105 Å². The van der Waals surface area contributed by atoms with Gasteiger partial charge in [-0.05, 0) is 23.8 Å². The average molecular weight is 240 g/mol. The minimum atomic E-state index is 0.419. The Morgan fingerprint density at radius 1 is 1.33 bits per heavy atom. The van der Waals surface area contributed by atoms with Gasteiger partial charge in [0.15, 0.2) is 0 Å². The molecule has 0 atom stereocenters. The van der Waals surface area contributed by atoms with Crippen LogP contribution in [0.25, 0.3) is 0 Å². The first-order valence-electron chi connectivity index (χ1n) is 5.41. The number of pyridine rings is 2. The highest BCUT2D eigenvalue weighted by atomic mass is 16.5. The molecular weight excluding hydrogens is 228 g/mol. The summed E-state index contributed by atoms with van der Waals surface area (Å²) in [4.78, 5) is 8.01. The summed E-state index contributed by atoms with van der Waals surface area (Å²) in [7, 11) is 1.58. The van der Waals surface area contributed by atoms with E-state index in [2.05, 4.69) is 15.3 Å². The molecule has 0 bridgehead atoms. The van der Waals surface area contributed by atoms with Crippen LogP contribution in [0.15, 0.2) is 36.7 Å². The number of anilines is 1. The molecule has 0 unspecified atom stereocenters. The van der Waals surface area contributed by atoms with E-state index >= 15 is 0 Å². The Bertz CT molecular complexity index is 560. The van der Waals surface area contributed by atoms with Crippen molar-refractivity contribution in [2.75, 3.05) is 12.4 Å². The van der Waals surface area contributed by atoms with E-state index < -0.39 is 0 Å². The van der Waals surface area contributed by atoms with Crippen molar-refractivity contribution in [1.29, 1.82) is 5.26 Å². The van der Waals surface area contributed by atoms with Crippen molar-refractivity contribution in [3.8, 4) is 11.9 Å². The van der Waals surface area contributed by atoms with Crippen molar-refractivity contribution < 1.29 is 4.74 Å². The zero-order chi connectivity index (χ0) is 12.8. The van der Waals surface area contributed by atoms with Gasteiger partial charge in [-0.15, -0.1) is 0 Å². The summed E-state index contributed by atoms with van der Waals surface area (Å²) in [5.41, 5.74) is 2.31. The van der Waals surface area contributed by atoms with Gasteiger partial charge in [0.2, 0.25) is 5.88 Å². The third-order valence-corrected chi connectivity index (χ3v) is 2.38. The summed E-state index contributed by atoms with van der Waals surface area (Å²) in [5, 5.41) is 12.0. The van der Waals surface area contributed by atoms with Crippen molar-refractivity contribution in [1.82, 2.24) is 9.97 Å². The molecular formula is C13H12N4O. The van der Waals surface area contributed by atoms with Gasteiger partial charge in [-0.2, -0.15) is 5.26 Å². The molecule has 18 heavy (non-hydrogen) atoms. The number of methoxy groups -OCH3 is 1. The van der Waals surface area contributed by atoms with Crippen LogP contribution in [0, 0.1) is 11.3 Å². The molecule has 0 spiro atoms. The fourth-order valence-corrected chi connectivity index (χ4v) is 1.46. The fourth-order valence-electron chi connectivity index (χ4n) is 1.46. The maximum atomic E-state index is 8.75. The maximum absolute atomic E-state index is 8.75. The van der Waals surface area contributed by atoms with Gasteiger partial charge in [0.1, 0.15) is 11.8 Å². The molecule has 0 aromatic carbocycles. The van der Waals surface area contributed by atoms with Gasteiger partial charge in [0.25, 0.3) is 0 Å². The van der Waals surface area contributed by atoms with Crippen LogP contribution in [-0.4, -0.2) is 17.1 Å². The summed E-state index contributed by atoms with van der Waals surface area (Å²) >= 11 is 0. The smallest absolute Gasteiger partial charge is 0.213 e. The van der Waals surface area contributed by atoms with E-state index in [9.17, 15) is 0 Å². The van der Waals surface area contributed by atoms with Crippen LogP contribution in [0.1, 0.15) is 11.3 Å². The monoisotopic (exact) mass is 240 g/mol. The number of rotatable bonds is 4. The predicted molar refractivity (Wildman–Crippen MR) is 67.1 cm³/mol. The Hall–Kier alpha value is -2.61. The molecule has 90 valence electrons. The largest absolute Gasteiger partial charge is 0.481 e. The van der Waals surface area contributed by atoms with E-state index in [4.69, 9.17) is 10.00 Å². The number of aromatic nitrogens is 2. The van der Waals surface area contributed by atoms with Crippen LogP contribution < -0.4 is 10.1 Å². The van der Waals surface area contributed by atoms with Crippen molar-refractivity contribution in [2.45, 2.75) is 6.54 Å². The first-order chi connectivity index (χ1) is 8.81. The molecule has 0 saturated carbocycles. The van der Waals surface area contributed by atoms with E-state index in [0.29, 0.717) is 18.1 Å². The van der Waals surface area contributed by atoms with Crippen molar-refractivity contribution >= 4 is 5.69 Å². The molecule has 0 aliphatic carbocycles. The van der Waals surface area contributed by atoms with Crippen LogP contribution >= 0.6 is 0 Å². The van der Waals surface area contributed by atoms with Gasteiger partial charge in [-0.3, -0.25) is 0 Å². The van der Waals surface area contributed by atoms with Crippen LogP contribution in [-0.2, 0) is 6.54 Å². The van der Waals surface area contributed by atoms with Crippen molar-refractivity contribution in [2.24, 2.45) is 0 Å². The molecule has 0 aliphatic rings. The highest BCUT2D eigenvalue weighted by Crippen LogP contribution is 2.12. The second-order valence-corrected chi connectivity index (χ2v) is 3.60. The minimum absolute atomic E-state index is 0.419. The molecule has 0 saturated heterocycles. The molecule has 2 aromatic heterocycles. The number of hydrogen-bond donors (Lipinski definition) is 1. The molecule has 2 aromatic rings. The van der Waals surface area contributed by atoms with Gasteiger partial charge < -0.3 is 10.1 Å². The molecule has 5 nitrogen and oxygen atoms in total. The predicted octanol–water partition coefficient (Wildman–Crippen LogP) is 1.97. The first kappa shape index (κ1) is 11.9. The number of ether oxygens (including phenoxy) is 1. The Morgan fingerprint density at radius 3 is 2.89 bits per heavy atom. The zero-order valence-corrected chi connectivity index (χ0v) is 9.92. The molecule has 1 N–H and O–H groups in total. The van der Waals surface area contributed by atoms with Crippen LogP contribution in [0.2, 0.25) is 0 Å². The standard InChI is InChI=1S/C13H12N4O/c1-18-13-3-2-11(9-17-13)16-8-10-4-5-15-12(6-10)7-14/h2-6,9,16H,8H2,1H3. The van der Waals surface area contributed by atoms with E-state index in [1.54, 1.807) is 31.6 Å². The molecule has 0 fully saturated rings. The lowest BCUT2D eigenvalue weighted by atomic mass is 10.2. The quantitative estimate of drug-likeness (QED) is 0.884. The Balaban J connectivity index is 2.00. The molecule has 2 rings (SSSR count). The maximum Gasteiger partial charge on any atom is 0.213 e. The van der Waals surface area contributed by atoms with E-state index in [0.717, 1.165) is 11.3 Å². The van der Waals surface area contributed by atoms with Crippen molar-refractivity contribution in [3.63, 3.8) is 0 Å². The van der Waals surface area contributed by atoms with Gasteiger partial charge in [-0.1, -0.05) is 0 Å². The summed E-state index contributed by atoms with van der Waals surface area (Å²) in [5.74, 6) is 0.580. The highest BCUT2D eigenvalue weighted by Gasteiger charge is 1.98. The first-order valence-corrected chi connectivity index (χ1v) is 5.41. The second kappa shape index (κ2) is 5.64. The Morgan fingerprint density at radius 2 is 2.22 bits per heavy atom. The number of nitrogens with zero attached hydrogens (tertiary/aromatic N) is 3. The summed E-state index contributed by atoms with van der Waals surface area (Å²) in [6.45, 7) is 0.616. The third-order valence-electron chi connectivity index (χ3n) is 2.38. The summed E-state index contributed by atoms with van der Waals surface area (Å²) < 4.78 is 4.98. The SMILES string of the molecule is COc1ccc(NCc2ccnc(C#N)c2)cn1. The van der Waals surface area contributed by atoms with Gasteiger partial charge in [0, 0.05) is 18.8 Å². The molecule has 0 radical (unpaired) electrons. The highest BCUT2D eigenvalue weighted by molar-refractivity contribution is 5.43. The Kier molecular flexibility index (Phi) is 3.72. The minimum Gasteiger partial charge on any atom is -0.481 e. The third kappa shape index (κ3) is 2.95. The molecule has 5 heteroatoms. The number of nitriles is 1. The molecule has 0 amide bonds. The topological polar surface area (TPSA) is 70.8 Å². The number of hydrogen-bond acceptors (Lipinski definition) is 5. The van der Waals surface area contributed by atoms with E-state index in [1.807, 2.05) is 18.2 Å². The van der Waals surface area contributed by atoms with Crippen LogP contribution in [0.5, 0.6) is 5.88 Å². The summed E-state index contributed by atoms with van der Waals surface area (Å²) in [6.07, 6.45) is 3.33. The lowest BCUT2D eigenvalue weighted by Gasteiger charge is -2.06. The van der Waals surface area contributed by atoms with E-state index in [-0.39, 0.29) is 0 Å². The number of nitrogens with one attached hydrogen (secondary N) is 1. The fraction of sp³-hybridized carbons (Fsp3) is 0.154. The van der Waals surface area contributed by atoms with Gasteiger partial charge >= 0.3 is 0 Å². The lowest BCUT2D eigenvalue weighted by Crippen LogP contribution is -2.00. The summed E-state index contributed by atoms with van der Waals surface area (Å²) in [6, 6.07) is 9.31. The van der Waals surface area contributed by atoms with Crippen LogP contribution in [0.3, 0.4) is 0 Å². The van der Waals surface area contributed by atoms with Crippen LogP contribution in [0.4, 0.5) is 5.69 Å². The van der Waals surface area contributed by atoms with Crippen molar-refractivity contribution in [3.05, 3.63) is 47.9 Å². The van der Waals surface area contributed by atoms with E-state index in [1.165, 1.54) is 0 Å². The zero-order valence-electron chi connectivity index (χ0n) is 9.92. The molecule has 0 aliphatic heterocycles. The lowest BCUT2D eigenvalue weighted by molar-refractivity contribution is 0.398. The average Bonchev–Trinajstić information content (AvgIpc) is 2.46. The van der Waals surface area contributed by atoms with Gasteiger partial charge in [0.05, 0.1) is 19.0 Å². The molecule has 2 heterocycles. The van der Waals surface area contributed by atoms with Gasteiger partial charge in [-0.25, -0.2) is 9.97 Å². The normalized spacial score (nSPS) is 9.56.